The summed E-state index contributed by atoms with van der Waals surface area (Å²) in [5.41, 5.74) is 2.85. The second-order valence-corrected chi connectivity index (χ2v) is 6.22. The summed E-state index contributed by atoms with van der Waals surface area (Å²) in [5, 5.41) is 1.14. The molecule has 2 aromatic carbocycles. The Hall–Kier alpha value is -2.85. The standard InChI is InChI=1S/C21H22N2O2/c1-22(2)15-23-14-17(19-6-4-5-7-20(19)23)10-13-21(24)16-8-11-18(25-3)12-9-16/h4-14H,15H2,1-3H3. The van der Waals surface area contributed by atoms with Crippen molar-refractivity contribution in [3.8, 4) is 5.75 Å². The number of hydrogen-bond acceptors (Lipinski definition) is 3. The number of fused-ring (bicyclic) bond motifs is 1. The van der Waals surface area contributed by atoms with Gasteiger partial charge < -0.3 is 9.30 Å². The monoisotopic (exact) mass is 334 g/mol. The Kier molecular flexibility index (Phi) is 5.00. The highest BCUT2D eigenvalue weighted by Crippen LogP contribution is 2.23. The molecule has 1 aromatic heterocycles. The summed E-state index contributed by atoms with van der Waals surface area (Å²) in [6, 6.07) is 15.4. The lowest BCUT2D eigenvalue weighted by molar-refractivity contribution is 0.104. The molecule has 0 N–H and O–H groups in total. The maximum atomic E-state index is 12.4. The van der Waals surface area contributed by atoms with Crippen LogP contribution in [0.4, 0.5) is 0 Å². The van der Waals surface area contributed by atoms with Crippen molar-refractivity contribution in [3.63, 3.8) is 0 Å². The van der Waals surface area contributed by atoms with Gasteiger partial charge in [-0.2, -0.15) is 0 Å². The van der Waals surface area contributed by atoms with E-state index in [9.17, 15) is 4.79 Å². The molecule has 128 valence electrons. The molecule has 0 fully saturated rings. The highest BCUT2D eigenvalue weighted by atomic mass is 16.5. The topological polar surface area (TPSA) is 34.5 Å². The number of aromatic nitrogens is 1. The molecule has 0 unspecified atom stereocenters. The molecule has 0 saturated heterocycles. The van der Waals surface area contributed by atoms with Gasteiger partial charge in [-0.15, -0.1) is 0 Å². The molecule has 1 heterocycles. The average molecular weight is 334 g/mol. The lowest BCUT2D eigenvalue weighted by Gasteiger charge is -2.11. The van der Waals surface area contributed by atoms with E-state index < -0.39 is 0 Å². The van der Waals surface area contributed by atoms with Crippen LogP contribution >= 0.6 is 0 Å². The number of rotatable bonds is 6. The number of methoxy groups -OCH3 is 1. The first-order chi connectivity index (χ1) is 12.1. The third kappa shape index (κ3) is 3.80. The fourth-order valence-corrected chi connectivity index (χ4v) is 2.85. The highest BCUT2D eigenvalue weighted by Gasteiger charge is 2.07. The zero-order chi connectivity index (χ0) is 17.8. The molecular formula is C21H22N2O2. The van der Waals surface area contributed by atoms with E-state index in [2.05, 4.69) is 27.8 Å². The van der Waals surface area contributed by atoms with Crippen molar-refractivity contribution in [3.05, 3.63) is 71.9 Å². The number of nitrogens with zero attached hydrogens (tertiary/aromatic N) is 2. The van der Waals surface area contributed by atoms with E-state index in [0.717, 1.165) is 28.9 Å². The maximum absolute atomic E-state index is 12.4. The maximum Gasteiger partial charge on any atom is 0.185 e. The minimum Gasteiger partial charge on any atom is -0.497 e. The Morgan fingerprint density at radius 1 is 1.12 bits per heavy atom. The van der Waals surface area contributed by atoms with Gasteiger partial charge in [-0.1, -0.05) is 18.2 Å². The van der Waals surface area contributed by atoms with Crippen LogP contribution in [0, 0.1) is 0 Å². The van der Waals surface area contributed by atoms with Gasteiger partial charge in [0.2, 0.25) is 0 Å². The summed E-state index contributed by atoms with van der Waals surface area (Å²) < 4.78 is 7.31. The number of carbonyl (C=O) groups excluding carboxylic acids is 1. The molecule has 0 spiro atoms. The van der Waals surface area contributed by atoms with Gasteiger partial charge in [0.25, 0.3) is 0 Å². The van der Waals surface area contributed by atoms with Crippen LogP contribution in [0.3, 0.4) is 0 Å². The number of benzene rings is 2. The molecule has 0 aliphatic rings. The largest absolute Gasteiger partial charge is 0.497 e. The fourth-order valence-electron chi connectivity index (χ4n) is 2.85. The van der Waals surface area contributed by atoms with Gasteiger partial charge >= 0.3 is 0 Å². The molecular weight excluding hydrogens is 312 g/mol. The van der Waals surface area contributed by atoms with Crippen LogP contribution in [0.15, 0.2) is 60.8 Å². The molecule has 0 amide bonds. The summed E-state index contributed by atoms with van der Waals surface area (Å²) >= 11 is 0. The van der Waals surface area contributed by atoms with E-state index in [1.165, 1.54) is 0 Å². The smallest absolute Gasteiger partial charge is 0.185 e. The number of allylic oxidation sites excluding steroid dienone is 1. The van der Waals surface area contributed by atoms with Gasteiger partial charge in [0.05, 0.1) is 13.8 Å². The lowest BCUT2D eigenvalue weighted by Crippen LogP contribution is -2.15. The number of carbonyl (C=O) groups is 1. The molecule has 25 heavy (non-hydrogen) atoms. The second-order valence-electron chi connectivity index (χ2n) is 6.22. The van der Waals surface area contributed by atoms with Crippen LogP contribution in [0.5, 0.6) is 5.75 Å². The first-order valence-corrected chi connectivity index (χ1v) is 8.17. The summed E-state index contributed by atoms with van der Waals surface area (Å²) in [7, 11) is 5.69. The zero-order valence-corrected chi connectivity index (χ0v) is 14.8. The SMILES string of the molecule is COc1ccc(C(=O)C=Cc2cn(CN(C)C)c3ccccc23)cc1. The van der Waals surface area contributed by atoms with Gasteiger partial charge in [0.1, 0.15) is 5.75 Å². The molecule has 0 bridgehead atoms. The van der Waals surface area contributed by atoms with Crippen LogP contribution in [-0.4, -0.2) is 36.5 Å². The van der Waals surface area contributed by atoms with Crippen molar-refractivity contribution in [1.82, 2.24) is 9.47 Å². The first-order valence-electron chi connectivity index (χ1n) is 8.17. The molecule has 0 aliphatic heterocycles. The number of ether oxygens (including phenoxy) is 1. The van der Waals surface area contributed by atoms with E-state index in [1.54, 1.807) is 37.5 Å². The van der Waals surface area contributed by atoms with Gasteiger partial charge in [-0.3, -0.25) is 9.69 Å². The van der Waals surface area contributed by atoms with E-state index in [-0.39, 0.29) is 5.78 Å². The van der Waals surface area contributed by atoms with Crippen molar-refractivity contribution in [2.24, 2.45) is 0 Å². The van der Waals surface area contributed by atoms with Gasteiger partial charge in [0.15, 0.2) is 5.78 Å². The van der Waals surface area contributed by atoms with Gasteiger partial charge in [-0.05, 0) is 56.6 Å². The van der Waals surface area contributed by atoms with Crippen LogP contribution in [0.2, 0.25) is 0 Å². The normalized spacial score (nSPS) is 11.5. The van der Waals surface area contributed by atoms with Crippen LogP contribution in [0.25, 0.3) is 17.0 Å². The molecule has 0 saturated carbocycles. The predicted octanol–water partition coefficient (Wildman–Crippen LogP) is 4.07. The average Bonchev–Trinajstić information content (AvgIpc) is 2.97. The summed E-state index contributed by atoms with van der Waals surface area (Å²) in [6.07, 6.45) is 5.60. The highest BCUT2D eigenvalue weighted by molar-refractivity contribution is 6.07. The molecule has 0 atom stereocenters. The quantitative estimate of drug-likeness (QED) is 0.503. The van der Waals surface area contributed by atoms with Crippen molar-refractivity contribution >= 4 is 22.8 Å². The van der Waals surface area contributed by atoms with Gasteiger partial charge in [-0.25, -0.2) is 0 Å². The Labute approximate surface area is 147 Å². The predicted molar refractivity (Wildman–Crippen MR) is 102 cm³/mol. The molecule has 3 rings (SSSR count). The Morgan fingerprint density at radius 3 is 2.52 bits per heavy atom. The third-order valence-corrected chi connectivity index (χ3v) is 4.04. The fraction of sp³-hybridized carbons (Fsp3) is 0.190. The van der Waals surface area contributed by atoms with Gasteiger partial charge in [0, 0.05) is 28.2 Å². The lowest BCUT2D eigenvalue weighted by atomic mass is 10.1. The van der Waals surface area contributed by atoms with Crippen molar-refractivity contribution in [1.29, 1.82) is 0 Å². The van der Waals surface area contributed by atoms with Crippen LogP contribution in [0.1, 0.15) is 15.9 Å². The van der Waals surface area contributed by atoms with E-state index in [1.807, 2.05) is 32.3 Å². The Morgan fingerprint density at radius 2 is 1.84 bits per heavy atom. The minimum atomic E-state index is -0.0212. The number of ketones is 1. The van der Waals surface area contributed by atoms with Crippen molar-refractivity contribution in [2.45, 2.75) is 6.67 Å². The molecule has 4 heteroatoms. The molecule has 3 aromatic rings. The van der Waals surface area contributed by atoms with E-state index >= 15 is 0 Å². The Balaban J connectivity index is 1.88. The summed E-state index contributed by atoms with van der Waals surface area (Å²) in [5.74, 6) is 0.722. The summed E-state index contributed by atoms with van der Waals surface area (Å²) in [6.45, 7) is 0.792. The minimum absolute atomic E-state index is 0.0212. The number of para-hydroxylation sites is 1. The van der Waals surface area contributed by atoms with E-state index in [0.29, 0.717) is 5.56 Å². The Bertz CT molecular complexity index is 905. The van der Waals surface area contributed by atoms with Crippen molar-refractivity contribution < 1.29 is 9.53 Å². The van der Waals surface area contributed by atoms with Crippen molar-refractivity contribution in [2.75, 3.05) is 21.2 Å². The van der Waals surface area contributed by atoms with E-state index in [4.69, 9.17) is 4.74 Å². The summed E-state index contributed by atoms with van der Waals surface area (Å²) in [4.78, 5) is 14.5. The molecule has 0 aliphatic carbocycles. The third-order valence-electron chi connectivity index (χ3n) is 4.04. The zero-order valence-electron chi connectivity index (χ0n) is 14.8. The first kappa shape index (κ1) is 17.0. The molecule has 0 radical (unpaired) electrons. The van der Waals surface area contributed by atoms with Crippen LogP contribution in [-0.2, 0) is 6.67 Å². The molecule has 4 nitrogen and oxygen atoms in total. The number of hydrogen-bond donors (Lipinski definition) is 0. The second kappa shape index (κ2) is 7.36. The van der Waals surface area contributed by atoms with Crippen LogP contribution < -0.4 is 4.74 Å².